The van der Waals surface area contributed by atoms with Gasteiger partial charge in [0.05, 0.1) is 24.1 Å². The second kappa shape index (κ2) is 5.42. The summed E-state index contributed by atoms with van der Waals surface area (Å²) in [5, 5.41) is 8.12. The van der Waals surface area contributed by atoms with Gasteiger partial charge in [0.25, 0.3) is 0 Å². The molecule has 0 bridgehead atoms. The van der Waals surface area contributed by atoms with Crippen LogP contribution < -0.4 is 0 Å². The number of hydrogen-bond acceptors (Lipinski definition) is 5. The van der Waals surface area contributed by atoms with Crippen molar-refractivity contribution < 1.29 is 23.0 Å². The first-order valence-electron chi connectivity index (χ1n) is 5.12. The number of methoxy groups -OCH3 is 2. The zero-order valence-corrected chi connectivity index (χ0v) is 10.6. The van der Waals surface area contributed by atoms with Crippen LogP contribution in [0.4, 0.5) is 0 Å². The van der Waals surface area contributed by atoms with E-state index in [1.54, 1.807) is 0 Å². The fourth-order valence-corrected chi connectivity index (χ4v) is 3.13. The highest BCUT2D eigenvalue weighted by atomic mass is 32.2. The van der Waals surface area contributed by atoms with Crippen molar-refractivity contribution in [2.45, 2.75) is 24.4 Å². The maximum absolute atomic E-state index is 11.9. The Bertz CT molecular complexity index is 306. The summed E-state index contributed by atoms with van der Waals surface area (Å²) in [4.78, 5) is 0. The summed E-state index contributed by atoms with van der Waals surface area (Å²) in [6.45, 7) is 1.66. The molecule has 3 unspecified atom stereocenters. The Kier molecular flexibility index (Phi) is 4.69. The number of aliphatic hydroxyl groups excluding tert-OH is 1. The Balaban J connectivity index is 2.78. The van der Waals surface area contributed by atoms with E-state index in [1.807, 2.05) is 0 Å². The van der Waals surface area contributed by atoms with Crippen molar-refractivity contribution in [3.63, 3.8) is 0 Å². The molecule has 1 saturated heterocycles. The standard InChI is InChI=1S/C9H19NO5S/c1-7(6-11)16(12,13)10-4-8(14-2)9(5-10)15-3/h7-9,11H,4-6H2,1-3H3. The zero-order chi connectivity index (χ0) is 12.3. The van der Waals surface area contributed by atoms with Crippen LogP contribution in [0.5, 0.6) is 0 Å². The molecule has 0 radical (unpaired) electrons. The third-order valence-electron chi connectivity index (χ3n) is 2.91. The minimum Gasteiger partial charge on any atom is -0.395 e. The van der Waals surface area contributed by atoms with Crippen LogP contribution in [0.15, 0.2) is 0 Å². The number of ether oxygens (including phenoxy) is 2. The summed E-state index contributed by atoms with van der Waals surface area (Å²) in [6.07, 6.45) is -0.490. The van der Waals surface area contributed by atoms with Gasteiger partial charge < -0.3 is 14.6 Å². The summed E-state index contributed by atoms with van der Waals surface area (Å²) in [5.41, 5.74) is 0. The quantitative estimate of drug-likeness (QED) is 0.683. The van der Waals surface area contributed by atoms with Gasteiger partial charge in [0, 0.05) is 27.3 Å². The molecule has 6 nitrogen and oxygen atoms in total. The van der Waals surface area contributed by atoms with Crippen molar-refractivity contribution in [2.24, 2.45) is 0 Å². The van der Waals surface area contributed by atoms with Crippen LogP contribution in [0, 0.1) is 0 Å². The molecule has 1 rings (SSSR count). The third kappa shape index (κ3) is 2.54. The van der Waals surface area contributed by atoms with Crippen LogP contribution in [-0.2, 0) is 19.5 Å². The maximum atomic E-state index is 11.9. The number of hydrogen-bond donors (Lipinski definition) is 1. The van der Waals surface area contributed by atoms with E-state index in [-0.39, 0.29) is 31.9 Å². The van der Waals surface area contributed by atoms with Crippen LogP contribution >= 0.6 is 0 Å². The Hall–Kier alpha value is -0.210. The van der Waals surface area contributed by atoms with Crippen LogP contribution in [0.3, 0.4) is 0 Å². The van der Waals surface area contributed by atoms with Crippen molar-refractivity contribution in [2.75, 3.05) is 33.9 Å². The van der Waals surface area contributed by atoms with Crippen molar-refractivity contribution in [1.29, 1.82) is 0 Å². The van der Waals surface area contributed by atoms with E-state index < -0.39 is 15.3 Å². The monoisotopic (exact) mass is 253 g/mol. The summed E-state index contributed by atoms with van der Waals surface area (Å²) in [7, 11) is -0.391. The highest BCUT2D eigenvalue weighted by molar-refractivity contribution is 7.89. The SMILES string of the molecule is COC1CN(S(=O)(=O)C(C)CO)CC1OC. The molecular weight excluding hydrogens is 234 g/mol. The van der Waals surface area contributed by atoms with Crippen LogP contribution in [0.2, 0.25) is 0 Å². The van der Waals surface area contributed by atoms with Crippen LogP contribution in [0.1, 0.15) is 6.92 Å². The molecule has 7 heteroatoms. The van der Waals surface area contributed by atoms with Gasteiger partial charge >= 0.3 is 0 Å². The first-order chi connectivity index (χ1) is 7.47. The molecule has 0 aromatic rings. The predicted molar refractivity (Wildman–Crippen MR) is 58.6 cm³/mol. The molecule has 1 aliphatic heterocycles. The fourth-order valence-electron chi connectivity index (χ4n) is 1.72. The van der Waals surface area contributed by atoms with Gasteiger partial charge in [0.15, 0.2) is 0 Å². The van der Waals surface area contributed by atoms with Gasteiger partial charge in [0.2, 0.25) is 10.0 Å². The molecule has 16 heavy (non-hydrogen) atoms. The Labute approximate surface area is 96.2 Å². The van der Waals surface area contributed by atoms with Crippen LogP contribution in [0.25, 0.3) is 0 Å². The van der Waals surface area contributed by atoms with Crippen molar-refractivity contribution in [3.05, 3.63) is 0 Å². The molecule has 3 atom stereocenters. The van der Waals surface area contributed by atoms with Crippen LogP contribution in [-0.4, -0.2) is 69.2 Å². The second-order valence-corrected chi connectivity index (χ2v) is 6.25. The lowest BCUT2D eigenvalue weighted by atomic mass is 10.3. The number of sulfonamides is 1. The minimum atomic E-state index is -3.45. The summed E-state index contributed by atoms with van der Waals surface area (Å²) in [5.74, 6) is 0. The molecule has 1 aliphatic rings. The summed E-state index contributed by atoms with van der Waals surface area (Å²) in [6, 6.07) is 0. The highest BCUT2D eigenvalue weighted by Gasteiger charge is 2.40. The molecule has 1 heterocycles. The molecule has 1 fully saturated rings. The lowest BCUT2D eigenvalue weighted by Crippen LogP contribution is -2.38. The fraction of sp³-hybridized carbons (Fsp3) is 1.00. The molecule has 0 aliphatic carbocycles. The maximum Gasteiger partial charge on any atom is 0.219 e. The van der Waals surface area contributed by atoms with E-state index in [2.05, 4.69) is 0 Å². The van der Waals surface area contributed by atoms with E-state index >= 15 is 0 Å². The number of rotatable bonds is 5. The Morgan fingerprint density at radius 2 is 1.75 bits per heavy atom. The normalized spacial score (nSPS) is 29.5. The van der Waals surface area contributed by atoms with Crippen molar-refractivity contribution in [1.82, 2.24) is 4.31 Å². The number of aliphatic hydroxyl groups is 1. The van der Waals surface area contributed by atoms with E-state index in [9.17, 15) is 8.42 Å². The molecule has 0 amide bonds. The summed E-state index contributed by atoms with van der Waals surface area (Å²) < 4.78 is 35.5. The Morgan fingerprint density at radius 3 is 2.06 bits per heavy atom. The van der Waals surface area contributed by atoms with Gasteiger partial charge in [-0.25, -0.2) is 8.42 Å². The second-order valence-electron chi connectivity index (χ2n) is 3.90. The highest BCUT2D eigenvalue weighted by Crippen LogP contribution is 2.21. The lowest BCUT2D eigenvalue weighted by molar-refractivity contribution is -0.00461. The average molecular weight is 253 g/mol. The van der Waals surface area contributed by atoms with Gasteiger partial charge in [-0.15, -0.1) is 0 Å². The van der Waals surface area contributed by atoms with E-state index in [0.717, 1.165) is 0 Å². The topological polar surface area (TPSA) is 76.1 Å². The largest absolute Gasteiger partial charge is 0.395 e. The number of nitrogens with zero attached hydrogens (tertiary/aromatic N) is 1. The molecule has 96 valence electrons. The predicted octanol–water partition coefficient (Wildman–Crippen LogP) is -0.957. The molecule has 1 N–H and O–H groups in total. The molecule has 0 aromatic carbocycles. The third-order valence-corrected chi connectivity index (χ3v) is 5.10. The zero-order valence-electron chi connectivity index (χ0n) is 9.79. The van der Waals surface area contributed by atoms with E-state index in [1.165, 1.54) is 25.4 Å². The van der Waals surface area contributed by atoms with E-state index in [0.29, 0.717) is 0 Å². The molecule has 0 spiro atoms. The lowest BCUT2D eigenvalue weighted by Gasteiger charge is -2.19. The van der Waals surface area contributed by atoms with Crippen molar-refractivity contribution >= 4 is 10.0 Å². The Morgan fingerprint density at radius 1 is 1.31 bits per heavy atom. The molecular formula is C9H19NO5S. The molecule has 0 aromatic heterocycles. The first-order valence-corrected chi connectivity index (χ1v) is 6.63. The average Bonchev–Trinajstić information content (AvgIpc) is 2.71. The van der Waals surface area contributed by atoms with E-state index in [4.69, 9.17) is 14.6 Å². The minimum absolute atomic E-state index is 0.245. The van der Waals surface area contributed by atoms with Gasteiger partial charge in [-0.3, -0.25) is 0 Å². The smallest absolute Gasteiger partial charge is 0.219 e. The van der Waals surface area contributed by atoms with Gasteiger partial charge in [-0.2, -0.15) is 4.31 Å². The molecule has 0 saturated carbocycles. The van der Waals surface area contributed by atoms with Gasteiger partial charge in [-0.1, -0.05) is 0 Å². The first kappa shape index (κ1) is 13.9. The van der Waals surface area contributed by atoms with Gasteiger partial charge in [-0.05, 0) is 6.92 Å². The van der Waals surface area contributed by atoms with Crippen molar-refractivity contribution in [3.8, 4) is 0 Å². The summed E-state index contributed by atoms with van der Waals surface area (Å²) >= 11 is 0. The van der Waals surface area contributed by atoms with Gasteiger partial charge in [0.1, 0.15) is 0 Å².